The molecule has 1 aromatic rings. The molecule has 2 saturated carbocycles. The number of carboxylic acids is 1. The van der Waals surface area contributed by atoms with Crippen LogP contribution in [-0.4, -0.2) is 34.2 Å². The Hall–Kier alpha value is -1.84. The van der Waals surface area contributed by atoms with Gasteiger partial charge in [-0.05, 0) is 84.1 Å². The first-order valence-electron chi connectivity index (χ1n) is 11.5. The number of nitrogens with zero attached hydrogens (tertiary/aromatic N) is 1. The van der Waals surface area contributed by atoms with E-state index in [0.717, 1.165) is 37.0 Å². The molecule has 0 saturated heterocycles. The molecule has 5 nitrogen and oxygen atoms in total. The highest BCUT2D eigenvalue weighted by atomic mass is 32.1. The number of aliphatic hydroxyl groups excluding tert-OH is 1. The van der Waals surface area contributed by atoms with E-state index in [9.17, 15) is 19.8 Å². The third-order valence-electron chi connectivity index (χ3n) is 6.36. The molecule has 1 aromatic heterocycles. The van der Waals surface area contributed by atoms with Crippen molar-refractivity contribution in [2.45, 2.75) is 91.2 Å². The summed E-state index contributed by atoms with van der Waals surface area (Å²) in [5, 5.41) is 19.9. The quantitative estimate of drug-likeness (QED) is 0.616. The summed E-state index contributed by atoms with van der Waals surface area (Å²) in [7, 11) is 0. The SMILES string of the molecule is CC(C)(C)C#Cc1cc(N(C(=O)[C@H]2CC[C@@H](C)CC2)[C@H]2CC[C@@H](O)CC2)c(C(=O)O)s1. The van der Waals surface area contributed by atoms with Gasteiger partial charge in [0.05, 0.1) is 16.7 Å². The zero-order chi connectivity index (χ0) is 22.8. The summed E-state index contributed by atoms with van der Waals surface area (Å²) >= 11 is 1.15. The van der Waals surface area contributed by atoms with Gasteiger partial charge in [0.2, 0.25) is 5.91 Å². The average Bonchev–Trinajstić information content (AvgIpc) is 3.12. The Morgan fingerprint density at radius 1 is 1.06 bits per heavy atom. The summed E-state index contributed by atoms with van der Waals surface area (Å²) in [5.41, 5.74) is 0.294. The van der Waals surface area contributed by atoms with E-state index in [1.807, 2.05) is 20.8 Å². The molecular formula is C25H35NO4S. The van der Waals surface area contributed by atoms with E-state index in [-0.39, 0.29) is 34.3 Å². The third kappa shape index (κ3) is 6.11. The van der Waals surface area contributed by atoms with Crippen LogP contribution in [0.4, 0.5) is 5.69 Å². The fraction of sp³-hybridized carbons (Fsp3) is 0.680. The Balaban J connectivity index is 1.99. The average molecular weight is 446 g/mol. The largest absolute Gasteiger partial charge is 0.477 e. The van der Waals surface area contributed by atoms with E-state index in [1.54, 1.807) is 11.0 Å². The lowest BCUT2D eigenvalue weighted by atomic mass is 9.81. The molecule has 0 atom stereocenters. The summed E-state index contributed by atoms with van der Waals surface area (Å²) in [4.78, 5) is 28.5. The van der Waals surface area contributed by atoms with Gasteiger partial charge in [0.1, 0.15) is 4.88 Å². The van der Waals surface area contributed by atoms with E-state index in [0.29, 0.717) is 42.2 Å². The topological polar surface area (TPSA) is 77.8 Å². The summed E-state index contributed by atoms with van der Waals surface area (Å²) < 4.78 is 0. The van der Waals surface area contributed by atoms with Crippen LogP contribution < -0.4 is 4.90 Å². The van der Waals surface area contributed by atoms with Gasteiger partial charge in [-0.3, -0.25) is 4.79 Å². The molecule has 0 radical (unpaired) electrons. The number of carboxylic acid groups (broad SMARTS) is 1. The molecule has 0 spiro atoms. The summed E-state index contributed by atoms with van der Waals surface area (Å²) in [5.74, 6) is 5.89. The van der Waals surface area contributed by atoms with Gasteiger partial charge in [-0.2, -0.15) is 0 Å². The van der Waals surface area contributed by atoms with Crippen molar-refractivity contribution < 1.29 is 19.8 Å². The van der Waals surface area contributed by atoms with Crippen LogP contribution in [0.5, 0.6) is 0 Å². The van der Waals surface area contributed by atoms with Crippen molar-refractivity contribution in [3.63, 3.8) is 0 Å². The number of thiophene rings is 1. The lowest BCUT2D eigenvalue weighted by molar-refractivity contribution is -0.124. The first-order valence-corrected chi connectivity index (χ1v) is 12.3. The second-order valence-corrected chi connectivity index (χ2v) is 11.3. The molecule has 170 valence electrons. The maximum absolute atomic E-state index is 13.7. The summed E-state index contributed by atoms with van der Waals surface area (Å²) in [6.07, 6.45) is 6.10. The molecule has 3 rings (SSSR count). The van der Waals surface area contributed by atoms with Crippen molar-refractivity contribution in [3.8, 4) is 11.8 Å². The lowest BCUT2D eigenvalue weighted by Crippen LogP contribution is -2.47. The predicted octanol–water partition coefficient (Wildman–Crippen LogP) is 5.31. The molecule has 2 fully saturated rings. The maximum Gasteiger partial charge on any atom is 0.348 e. The molecular weight excluding hydrogens is 410 g/mol. The van der Waals surface area contributed by atoms with Gasteiger partial charge in [-0.15, -0.1) is 11.3 Å². The molecule has 0 aromatic carbocycles. The second-order valence-electron chi connectivity index (χ2n) is 10.3. The molecule has 6 heteroatoms. The molecule has 0 bridgehead atoms. The number of aromatic carboxylic acids is 1. The number of aliphatic hydroxyl groups is 1. The van der Waals surface area contributed by atoms with Gasteiger partial charge >= 0.3 is 5.97 Å². The fourth-order valence-electron chi connectivity index (χ4n) is 4.54. The maximum atomic E-state index is 13.7. The Labute approximate surface area is 189 Å². The molecule has 1 amide bonds. The van der Waals surface area contributed by atoms with Gasteiger partial charge in [-0.1, -0.05) is 18.8 Å². The van der Waals surface area contributed by atoms with Crippen LogP contribution in [0.25, 0.3) is 0 Å². The highest BCUT2D eigenvalue weighted by Gasteiger charge is 2.37. The van der Waals surface area contributed by atoms with Crippen LogP contribution in [-0.2, 0) is 4.79 Å². The molecule has 31 heavy (non-hydrogen) atoms. The molecule has 1 heterocycles. The second kappa shape index (κ2) is 9.75. The minimum absolute atomic E-state index is 0.0453. The van der Waals surface area contributed by atoms with E-state index in [4.69, 9.17) is 0 Å². The van der Waals surface area contributed by atoms with Crippen LogP contribution in [0.2, 0.25) is 0 Å². The molecule has 0 aliphatic heterocycles. The van der Waals surface area contributed by atoms with Gasteiger partial charge in [-0.25, -0.2) is 4.79 Å². The minimum Gasteiger partial charge on any atom is -0.477 e. The van der Waals surface area contributed by atoms with Crippen molar-refractivity contribution in [3.05, 3.63) is 15.8 Å². The molecule has 0 unspecified atom stereocenters. The normalized spacial score (nSPS) is 26.6. The van der Waals surface area contributed by atoms with Crippen molar-refractivity contribution in [1.29, 1.82) is 0 Å². The lowest BCUT2D eigenvalue weighted by Gasteiger charge is -2.38. The molecule has 2 N–H and O–H groups in total. The van der Waals surface area contributed by atoms with Crippen LogP contribution >= 0.6 is 11.3 Å². The molecule has 2 aliphatic carbocycles. The number of rotatable bonds is 4. The van der Waals surface area contributed by atoms with Gasteiger partial charge in [0.15, 0.2) is 0 Å². The van der Waals surface area contributed by atoms with Crippen molar-refractivity contribution in [2.24, 2.45) is 17.3 Å². The smallest absolute Gasteiger partial charge is 0.348 e. The summed E-state index contributed by atoms with van der Waals surface area (Å²) in [6, 6.07) is 1.72. The Morgan fingerprint density at radius 3 is 2.23 bits per heavy atom. The predicted molar refractivity (Wildman–Crippen MR) is 124 cm³/mol. The van der Waals surface area contributed by atoms with Crippen LogP contribution in [0.1, 0.15) is 93.6 Å². The van der Waals surface area contributed by atoms with E-state index < -0.39 is 5.97 Å². The van der Waals surface area contributed by atoms with Crippen molar-refractivity contribution >= 4 is 28.9 Å². The number of hydrogen-bond acceptors (Lipinski definition) is 4. The number of carbonyl (C=O) groups is 2. The molecule has 2 aliphatic rings. The minimum atomic E-state index is -1.02. The fourth-order valence-corrected chi connectivity index (χ4v) is 5.38. The van der Waals surface area contributed by atoms with E-state index in [2.05, 4.69) is 18.8 Å². The van der Waals surface area contributed by atoms with Gasteiger partial charge in [0.25, 0.3) is 0 Å². The Kier molecular flexibility index (Phi) is 7.49. The monoisotopic (exact) mass is 445 g/mol. The van der Waals surface area contributed by atoms with Gasteiger partial charge < -0.3 is 15.1 Å². The van der Waals surface area contributed by atoms with Crippen molar-refractivity contribution in [1.82, 2.24) is 0 Å². The highest BCUT2D eigenvalue weighted by Crippen LogP contribution is 2.38. The Morgan fingerprint density at radius 2 is 1.68 bits per heavy atom. The summed E-state index contributed by atoms with van der Waals surface area (Å²) in [6.45, 7) is 8.27. The zero-order valence-electron chi connectivity index (χ0n) is 19.1. The zero-order valence-corrected chi connectivity index (χ0v) is 19.9. The number of amides is 1. The first-order chi connectivity index (χ1) is 14.5. The van der Waals surface area contributed by atoms with Crippen molar-refractivity contribution in [2.75, 3.05) is 4.90 Å². The number of hydrogen-bond donors (Lipinski definition) is 2. The third-order valence-corrected chi connectivity index (χ3v) is 7.39. The Bertz CT molecular complexity index is 856. The van der Waals surface area contributed by atoms with Crippen LogP contribution in [0.3, 0.4) is 0 Å². The van der Waals surface area contributed by atoms with E-state index >= 15 is 0 Å². The van der Waals surface area contributed by atoms with Crippen LogP contribution in [0, 0.1) is 29.1 Å². The standard InChI is InChI=1S/C25H35NO4S/c1-16-5-7-17(8-6-16)23(28)26(18-9-11-19(27)12-10-18)21-15-20(13-14-25(2,3)4)31-22(21)24(29)30/h15-19,27H,5-12H2,1-4H3,(H,29,30)/t16-,17+,18-,19+. The van der Waals surface area contributed by atoms with Gasteiger partial charge in [0, 0.05) is 17.4 Å². The number of carbonyl (C=O) groups excluding carboxylic acids is 1. The first kappa shape index (κ1) is 23.8. The number of anilines is 1. The van der Waals surface area contributed by atoms with Crippen LogP contribution in [0.15, 0.2) is 6.07 Å². The van der Waals surface area contributed by atoms with E-state index in [1.165, 1.54) is 0 Å². The highest BCUT2D eigenvalue weighted by molar-refractivity contribution is 7.15.